The summed E-state index contributed by atoms with van der Waals surface area (Å²) < 4.78 is 10.9. The van der Waals surface area contributed by atoms with Crippen LogP contribution in [0.1, 0.15) is 29.3 Å². The van der Waals surface area contributed by atoms with Crippen molar-refractivity contribution in [3.8, 4) is 11.5 Å². The number of urea groups is 1. The fourth-order valence-electron chi connectivity index (χ4n) is 3.74. The van der Waals surface area contributed by atoms with Gasteiger partial charge in [0.1, 0.15) is 6.54 Å². The zero-order valence-corrected chi connectivity index (χ0v) is 20.3. The Kier molecular flexibility index (Phi) is 7.69. The molecule has 1 N–H and O–H groups in total. The molecule has 1 aromatic heterocycles. The Labute approximate surface area is 203 Å². The van der Waals surface area contributed by atoms with Gasteiger partial charge in [0.2, 0.25) is 12.7 Å². The summed E-state index contributed by atoms with van der Waals surface area (Å²) in [6, 6.07) is 16.8. The zero-order chi connectivity index (χ0) is 23.9. The van der Waals surface area contributed by atoms with Crippen molar-refractivity contribution >= 4 is 29.0 Å². The SMILES string of the molecule is CCCN(CC(=O)N(Cc1ccc2c(c1)OCO2)Cc1sccc1C)C(=O)Nc1ccccc1. The highest BCUT2D eigenvalue weighted by Crippen LogP contribution is 2.33. The van der Waals surface area contributed by atoms with Gasteiger partial charge in [-0.2, -0.15) is 0 Å². The standard InChI is InChI=1S/C26H29N3O4S/c1-3-12-28(26(31)27-21-7-5-4-6-8-21)17-25(30)29(16-24-19(2)11-13-34-24)15-20-9-10-22-23(14-20)33-18-32-22/h4-11,13-14H,3,12,15-18H2,1-2H3,(H,27,31). The minimum absolute atomic E-state index is 0.00147. The van der Waals surface area contributed by atoms with Crippen LogP contribution in [0.15, 0.2) is 60.0 Å². The Morgan fingerprint density at radius 2 is 1.79 bits per heavy atom. The first kappa shape index (κ1) is 23.6. The summed E-state index contributed by atoms with van der Waals surface area (Å²) in [6.45, 7) is 5.63. The van der Waals surface area contributed by atoms with E-state index in [2.05, 4.69) is 11.4 Å². The smallest absolute Gasteiger partial charge is 0.322 e. The van der Waals surface area contributed by atoms with Crippen molar-refractivity contribution in [1.29, 1.82) is 0 Å². The van der Waals surface area contributed by atoms with Crippen molar-refractivity contribution in [2.45, 2.75) is 33.4 Å². The lowest BCUT2D eigenvalue weighted by Gasteiger charge is -2.28. The number of carbonyl (C=O) groups is 2. The largest absolute Gasteiger partial charge is 0.454 e. The van der Waals surface area contributed by atoms with Gasteiger partial charge in [0, 0.05) is 23.7 Å². The second-order valence-corrected chi connectivity index (χ2v) is 9.18. The number of nitrogens with zero attached hydrogens (tertiary/aromatic N) is 2. The van der Waals surface area contributed by atoms with Crippen molar-refractivity contribution in [1.82, 2.24) is 9.80 Å². The first-order valence-electron chi connectivity index (χ1n) is 11.3. The monoisotopic (exact) mass is 479 g/mol. The Balaban J connectivity index is 1.50. The molecule has 178 valence electrons. The molecule has 8 heteroatoms. The van der Waals surface area contributed by atoms with Crippen LogP contribution in [0.25, 0.3) is 0 Å². The molecule has 0 saturated carbocycles. The number of hydrogen-bond donors (Lipinski definition) is 1. The number of rotatable bonds is 9. The minimum atomic E-state index is -0.281. The summed E-state index contributed by atoms with van der Waals surface area (Å²) in [5, 5.41) is 4.92. The fraction of sp³-hybridized carbons (Fsp3) is 0.308. The van der Waals surface area contributed by atoms with E-state index in [0.29, 0.717) is 36.8 Å². The van der Waals surface area contributed by atoms with Crippen molar-refractivity contribution in [2.24, 2.45) is 0 Å². The van der Waals surface area contributed by atoms with E-state index >= 15 is 0 Å². The van der Waals surface area contributed by atoms with Crippen LogP contribution < -0.4 is 14.8 Å². The van der Waals surface area contributed by atoms with E-state index in [1.807, 2.05) is 67.8 Å². The number of nitrogens with one attached hydrogen (secondary N) is 1. The maximum absolute atomic E-state index is 13.5. The van der Waals surface area contributed by atoms with Gasteiger partial charge in [0.05, 0.1) is 6.54 Å². The Bertz CT molecular complexity index is 1130. The van der Waals surface area contributed by atoms with Crippen LogP contribution >= 0.6 is 11.3 Å². The topological polar surface area (TPSA) is 71.1 Å². The van der Waals surface area contributed by atoms with Crippen molar-refractivity contribution in [3.05, 3.63) is 76.0 Å². The van der Waals surface area contributed by atoms with E-state index in [-0.39, 0.29) is 25.3 Å². The molecule has 0 fully saturated rings. The molecule has 0 saturated heterocycles. The third-order valence-corrected chi connectivity index (χ3v) is 6.61. The number of ether oxygens (including phenoxy) is 2. The van der Waals surface area contributed by atoms with Crippen LogP contribution in [0, 0.1) is 6.92 Å². The molecule has 4 rings (SSSR count). The first-order chi connectivity index (χ1) is 16.5. The number of amides is 3. The molecule has 1 aliphatic heterocycles. The normalized spacial score (nSPS) is 11.8. The van der Waals surface area contributed by atoms with E-state index in [0.717, 1.165) is 22.4 Å². The van der Waals surface area contributed by atoms with E-state index in [1.165, 1.54) is 0 Å². The summed E-state index contributed by atoms with van der Waals surface area (Å²) in [4.78, 5) is 31.0. The molecular formula is C26H29N3O4S. The lowest BCUT2D eigenvalue weighted by molar-refractivity contribution is -0.133. The average Bonchev–Trinajstić information content (AvgIpc) is 3.47. The van der Waals surface area contributed by atoms with Gasteiger partial charge in [-0.3, -0.25) is 4.79 Å². The summed E-state index contributed by atoms with van der Waals surface area (Å²) in [7, 11) is 0. The highest BCUT2D eigenvalue weighted by Gasteiger charge is 2.23. The number of thiophene rings is 1. The maximum Gasteiger partial charge on any atom is 0.322 e. The van der Waals surface area contributed by atoms with Gasteiger partial charge in [-0.05, 0) is 60.2 Å². The van der Waals surface area contributed by atoms with Gasteiger partial charge < -0.3 is 24.6 Å². The Morgan fingerprint density at radius 1 is 1.00 bits per heavy atom. The number of aryl methyl sites for hydroxylation is 1. The predicted molar refractivity (Wildman–Crippen MR) is 133 cm³/mol. The second kappa shape index (κ2) is 11.1. The fourth-order valence-corrected chi connectivity index (χ4v) is 4.66. The molecule has 2 heterocycles. The Hall–Kier alpha value is -3.52. The number of hydrogen-bond acceptors (Lipinski definition) is 5. The summed E-state index contributed by atoms with van der Waals surface area (Å²) in [5.74, 6) is 1.29. The van der Waals surface area contributed by atoms with Gasteiger partial charge in [-0.1, -0.05) is 31.2 Å². The molecule has 34 heavy (non-hydrogen) atoms. The molecule has 2 aromatic carbocycles. The summed E-state index contributed by atoms with van der Waals surface area (Å²) in [6.07, 6.45) is 0.752. The molecule has 0 bridgehead atoms. The molecule has 0 atom stereocenters. The molecular weight excluding hydrogens is 450 g/mol. The van der Waals surface area contributed by atoms with E-state index in [4.69, 9.17) is 9.47 Å². The molecule has 0 unspecified atom stereocenters. The maximum atomic E-state index is 13.5. The Morgan fingerprint density at radius 3 is 2.53 bits per heavy atom. The molecule has 7 nitrogen and oxygen atoms in total. The lowest BCUT2D eigenvalue weighted by atomic mass is 10.1. The summed E-state index contributed by atoms with van der Waals surface area (Å²) >= 11 is 1.63. The third-order valence-electron chi connectivity index (χ3n) is 5.60. The van der Waals surface area contributed by atoms with Crippen LogP contribution in [-0.2, 0) is 17.9 Å². The number of carbonyl (C=O) groups excluding carboxylic acids is 2. The van der Waals surface area contributed by atoms with Gasteiger partial charge in [0.15, 0.2) is 11.5 Å². The first-order valence-corrected chi connectivity index (χ1v) is 12.2. The molecule has 3 amide bonds. The average molecular weight is 480 g/mol. The quantitative estimate of drug-likeness (QED) is 0.455. The van der Waals surface area contributed by atoms with Gasteiger partial charge >= 0.3 is 6.03 Å². The number of benzene rings is 2. The molecule has 0 spiro atoms. The zero-order valence-electron chi connectivity index (χ0n) is 19.5. The van der Waals surface area contributed by atoms with Gasteiger partial charge in [-0.15, -0.1) is 11.3 Å². The van der Waals surface area contributed by atoms with Gasteiger partial charge in [0.25, 0.3) is 0 Å². The third kappa shape index (κ3) is 5.88. The van der Waals surface area contributed by atoms with E-state index in [1.54, 1.807) is 21.1 Å². The van der Waals surface area contributed by atoms with Crippen molar-refractivity contribution in [2.75, 3.05) is 25.2 Å². The van der Waals surface area contributed by atoms with Crippen LogP contribution in [0.3, 0.4) is 0 Å². The molecule has 0 aliphatic carbocycles. The lowest BCUT2D eigenvalue weighted by Crippen LogP contribution is -2.44. The molecule has 1 aliphatic rings. The van der Waals surface area contributed by atoms with Crippen LogP contribution in [0.4, 0.5) is 10.5 Å². The molecule has 3 aromatic rings. The van der Waals surface area contributed by atoms with Crippen molar-refractivity contribution < 1.29 is 19.1 Å². The van der Waals surface area contributed by atoms with E-state index in [9.17, 15) is 9.59 Å². The molecule has 0 radical (unpaired) electrons. The van der Waals surface area contributed by atoms with Crippen LogP contribution in [0.5, 0.6) is 11.5 Å². The minimum Gasteiger partial charge on any atom is -0.454 e. The van der Waals surface area contributed by atoms with E-state index < -0.39 is 0 Å². The van der Waals surface area contributed by atoms with Crippen molar-refractivity contribution in [3.63, 3.8) is 0 Å². The number of para-hydroxylation sites is 1. The number of fused-ring (bicyclic) bond motifs is 1. The van der Waals surface area contributed by atoms with Crippen LogP contribution in [0.2, 0.25) is 0 Å². The second-order valence-electron chi connectivity index (χ2n) is 8.18. The highest BCUT2D eigenvalue weighted by atomic mass is 32.1. The highest BCUT2D eigenvalue weighted by molar-refractivity contribution is 7.10. The predicted octanol–water partition coefficient (Wildman–Crippen LogP) is 5.26. The number of anilines is 1. The summed E-state index contributed by atoms with van der Waals surface area (Å²) in [5.41, 5.74) is 2.80. The van der Waals surface area contributed by atoms with Gasteiger partial charge in [-0.25, -0.2) is 4.79 Å². The van der Waals surface area contributed by atoms with Crippen LogP contribution in [-0.4, -0.2) is 41.6 Å².